The maximum absolute atomic E-state index is 10.8. The summed E-state index contributed by atoms with van der Waals surface area (Å²) in [5, 5.41) is 10.8. The zero-order valence-corrected chi connectivity index (χ0v) is 13.3. The molecule has 0 radical (unpaired) electrons. The summed E-state index contributed by atoms with van der Waals surface area (Å²) in [5.41, 5.74) is 0.789. The summed E-state index contributed by atoms with van der Waals surface area (Å²) in [7, 11) is 1.60. The van der Waals surface area contributed by atoms with E-state index in [2.05, 4.69) is 4.98 Å². The summed E-state index contributed by atoms with van der Waals surface area (Å²) in [6, 6.07) is 3.77. The fourth-order valence-corrected chi connectivity index (χ4v) is 4.72. The first-order valence-electron chi connectivity index (χ1n) is 7.63. The van der Waals surface area contributed by atoms with Gasteiger partial charge in [-0.2, -0.15) is 11.8 Å². The van der Waals surface area contributed by atoms with Crippen LogP contribution in [-0.4, -0.2) is 40.9 Å². The number of aliphatic hydroxyl groups excluding tert-OH is 1. The number of pyridine rings is 1. The third-order valence-corrected chi connectivity index (χ3v) is 5.68. The number of ether oxygens (including phenoxy) is 2. The standard InChI is InChI=1S/C16H23NO3S/c1-19-15-13(3-2-7-17-15)14(18)12-4-8-20-16(11-12)5-9-21-10-6-16/h2-3,7,12,14,18H,4-6,8-11H2,1H3. The van der Waals surface area contributed by atoms with Crippen LogP contribution < -0.4 is 4.74 Å². The van der Waals surface area contributed by atoms with Gasteiger partial charge in [-0.25, -0.2) is 4.98 Å². The molecule has 116 valence electrons. The second kappa shape index (κ2) is 6.55. The van der Waals surface area contributed by atoms with Gasteiger partial charge in [0, 0.05) is 18.4 Å². The molecular weight excluding hydrogens is 286 g/mol. The van der Waals surface area contributed by atoms with E-state index < -0.39 is 6.10 Å². The van der Waals surface area contributed by atoms with Gasteiger partial charge < -0.3 is 14.6 Å². The molecule has 0 amide bonds. The second-order valence-electron chi connectivity index (χ2n) is 5.94. The minimum Gasteiger partial charge on any atom is -0.481 e. The summed E-state index contributed by atoms with van der Waals surface area (Å²) in [6.07, 6.45) is 5.21. The predicted octanol–water partition coefficient (Wildman–Crippen LogP) is 2.82. The molecule has 0 saturated carbocycles. The number of aromatic nitrogens is 1. The Hall–Kier alpha value is -0.780. The Bertz CT molecular complexity index is 471. The number of nitrogens with zero attached hydrogens (tertiary/aromatic N) is 1. The van der Waals surface area contributed by atoms with Crippen LogP contribution in [0.2, 0.25) is 0 Å². The summed E-state index contributed by atoms with van der Waals surface area (Å²) in [5.74, 6) is 3.09. The quantitative estimate of drug-likeness (QED) is 0.930. The Labute approximate surface area is 130 Å². The highest BCUT2D eigenvalue weighted by Crippen LogP contribution is 2.44. The largest absolute Gasteiger partial charge is 0.481 e. The molecule has 21 heavy (non-hydrogen) atoms. The SMILES string of the molecule is COc1ncccc1C(O)C1CCOC2(CCSCC2)C1. The van der Waals surface area contributed by atoms with Gasteiger partial charge >= 0.3 is 0 Å². The number of rotatable bonds is 3. The third-order valence-electron chi connectivity index (χ3n) is 4.69. The lowest BCUT2D eigenvalue weighted by Gasteiger charge is -2.44. The van der Waals surface area contributed by atoms with Gasteiger partial charge in [-0.05, 0) is 55.2 Å². The van der Waals surface area contributed by atoms with Gasteiger partial charge in [0.2, 0.25) is 5.88 Å². The molecule has 2 aliphatic heterocycles. The number of hydrogen-bond donors (Lipinski definition) is 1. The van der Waals surface area contributed by atoms with Gasteiger partial charge in [0.05, 0.1) is 18.8 Å². The highest BCUT2D eigenvalue weighted by Gasteiger charge is 2.41. The molecule has 0 aromatic carbocycles. The summed E-state index contributed by atoms with van der Waals surface area (Å²) in [6.45, 7) is 0.745. The van der Waals surface area contributed by atoms with E-state index in [0.29, 0.717) is 5.88 Å². The molecular formula is C16H23NO3S. The molecule has 2 aliphatic rings. The van der Waals surface area contributed by atoms with Crippen LogP contribution in [0.25, 0.3) is 0 Å². The van der Waals surface area contributed by atoms with E-state index in [1.165, 1.54) is 11.5 Å². The van der Waals surface area contributed by atoms with Crippen LogP contribution in [0.15, 0.2) is 18.3 Å². The van der Waals surface area contributed by atoms with Crippen LogP contribution in [0.3, 0.4) is 0 Å². The van der Waals surface area contributed by atoms with Crippen molar-refractivity contribution in [1.82, 2.24) is 4.98 Å². The topological polar surface area (TPSA) is 51.6 Å². The highest BCUT2D eigenvalue weighted by atomic mass is 32.2. The zero-order chi connectivity index (χ0) is 14.7. The molecule has 2 fully saturated rings. The maximum atomic E-state index is 10.8. The van der Waals surface area contributed by atoms with E-state index in [-0.39, 0.29) is 11.5 Å². The van der Waals surface area contributed by atoms with Crippen LogP contribution in [-0.2, 0) is 4.74 Å². The third kappa shape index (κ3) is 3.20. The molecule has 4 nitrogen and oxygen atoms in total. The van der Waals surface area contributed by atoms with E-state index in [1.807, 2.05) is 23.9 Å². The maximum Gasteiger partial charge on any atom is 0.218 e. The van der Waals surface area contributed by atoms with Gasteiger partial charge in [-0.1, -0.05) is 0 Å². The van der Waals surface area contributed by atoms with E-state index in [9.17, 15) is 5.11 Å². The van der Waals surface area contributed by atoms with E-state index in [1.54, 1.807) is 13.3 Å². The predicted molar refractivity (Wildman–Crippen MR) is 83.7 cm³/mol. The Morgan fingerprint density at radius 3 is 3.05 bits per heavy atom. The highest BCUT2D eigenvalue weighted by molar-refractivity contribution is 7.99. The summed E-state index contributed by atoms with van der Waals surface area (Å²) >= 11 is 2.00. The van der Waals surface area contributed by atoms with Crippen molar-refractivity contribution in [3.63, 3.8) is 0 Å². The molecule has 0 bridgehead atoms. The van der Waals surface area contributed by atoms with Gasteiger partial charge in [0.15, 0.2) is 0 Å². The van der Waals surface area contributed by atoms with Crippen molar-refractivity contribution < 1.29 is 14.6 Å². The van der Waals surface area contributed by atoms with Crippen molar-refractivity contribution in [1.29, 1.82) is 0 Å². The van der Waals surface area contributed by atoms with Crippen molar-refractivity contribution in [2.24, 2.45) is 5.92 Å². The fraction of sp³-hybridized carbons (Fsp3) is 0.688. The Kier molecular flexibility index (Phi) is 4.72. The Morgan fingerprint density at radius 1 is 1.48 bits per heavy atom. The molecule has 3 heterocycles. The first-order valence-corrected chi connectivity index (χ1v) is 8.78. The lowest BCUT2D eigenvalue weighted by molar-refractivity contribution is -0.121. The minimum absolute atomic E-state index is 0.00933. The van der Waals surface area contributed by atoms with Crippen molar-refractivity contribution in [3.8, 4) is 5.88 Å². The van der Waals surface area contributed by atoms with E-state index >= 15 is 0 Å². The van der Waals surface area contributed by atoms with Crippen LogP contribution in [0.5, 0.6) is 5.88 Å². The first kappa shape index (κ1) is 15.1. The Morgan fingerprint density at radius 2 is 2.29 bits per heavy atom. The van der Waals surface area contributed by atoms with Crippen molar-refractivity contribution >= 4 is 11.8 Å². The normalized spacial score (nSPS) is 26.5. The molecule has 5 heteroatoms. The monoisotopic (exact) mass is 309 g/mol. The summed E-state index contributed by atoms with van der Waals surface area (Å²) < 4.78 is 11.4. The number of thioether (sulfide) groups is 1. The molecule has 2 atom stereocenters. The molecule has 2 saturated heterocycles. The number of hydrogen-bond acceptors (Lipinski definition) is 5. The average Bonchev–Trinajstić information content (AvgIpc) is 2.55. The molecule has 1 spiro atoms. The number of aliphatic hydroxyl groups is 1. The average molecular weight is 309 g/mol. The van der Waals surface area contributed by atoms with E-state index in [0.717, 1.165) is 37.9 Å². The zero-order valence-electron chi connectivity index (χ0n) is 12.5. The molecule has 2 unspecified atom stereocenters. The smallest absolute Gasteiger partial charge is 0.218 e. The van der Waals surface area contributed by atoms with Crippen LogP contribution >= 0.6 is 11.8 Å². The van der Waals surface area contributed by atoms with Gasteiger partial charge in [-0.3, -0.25) is 0 Å². The van der Waals surface area contributed by atoms with Gasteiger partial charge in [0.25, 0.3) is 0 Å². The minimum atomic E-state index is -0.524. The first-order chi connectivity index (χ1) is 10.2. The molecule has 0 aliphatic carbocycles. The second-order valence-corrected chi connectivity index (χ2v) is 7.17. The number of methoxy groups -OCH3 is 1. The van der Waals surface area contributed by atoms with Crippen molar-refractivity contribution in [2.45, 2.75) is 37.4 Å². The Balaban J connectivity index is 1.76. The van der Waals surface area contributed by atoms with Gasteiger partial charge in [-0.15, -0.1) is 0 Å². The molecule has 3 rings (SSSR count). The van der Waals surface area contributed by atoms with Crippen molar-refractivity contribution in [2.75, 3.05) is 25.2 Å². The lowest BCUT2D eigenvalue weighted by atomic mass is 9.78. The van der Waals surface area contributed by atoms with Crippen LogP contribution in [0.1, 0.15) is 37.4 Å². The molecule has 1 aromatic rings. The van der Waals surface area contributed by atoms with Gasteiger partial charge in [0.1, 0.15) is 0 Å². The summed E-state index contributed by atoms with van der Waals surface area (Å²) in [4.78, 5) is 4.20. The fourth-order valence-electron chi connectivity index (χ4n) is 3.48. The van der Waals surface area contributed by atoms with Crippen LogP contribution in [0, 0.1) is 5.92 Å². The molecule has 1 N–H and O–H groups in total. The van der Waals surface area contributed by atoms with Crippen LogP contribution in [0.4, 0.5) is 0 Å². The van der Waals surface area contributed by atoms with E-state index in [4.69, 9.17) is 9.47 Å². The van der Waals surface area contributed by atoms with Crippen molar-refractivity contribution in [3.05, 3.63) is 23.9 Å². The lowest BCUT2D eigenvalue weighted by Crippen LogP contribution is -2.44. The molecule has 1 aromatic heterocycles.